The van der Waals surface area contributed by atoms with E-state index in [1.54, 1.807) is 12.1 Å². The van der Waals surface area contributed by atoms with Crippen LogP contribution in [-0.4, -0.2) is 23.5 Å². The molecule has 0 aliphatic rings. The summed E-state index contributed by atoms with van der Waals surface area (Å²) < 4.78 is 5.02. The highest BCUT2D eigenvalue weighted by molar-refractivity contribution is 7.14. The van der Waals surface area contributed by atoms with Gasteiger partial charge >= 0.3 is 5.97 Å². The minimum absolute atomic E-state index is 0.221. The number of benzene rings is 2. The first-order valence-electron chi connectivity index (χ1n) is 8.88. The summed E-state index contributed by atoms with van der Waals surface area (Å²) in [6, 6.07) is 12.3. The van der Waals surface area contributed by atoms with Crippen LogP contribution in [0.5, 0.6) is 0 Å². The second-order valence-corrected chi connectivity index (χ2v) is 7.46. The third-order valence-electron chi connectivity index (χ3n) is 4.43. The van der Waals surface area contributed by atoms with Crippen LogP contribution < -0.4 is 5.32 Å². The number of carbonyl (C=O) groups is 2. The zero-order valence-corrected chi connectivity index (χ0v) is 17.1. The number of ether oxygens (including phenoxy) is 1. The number of nitrogens with zero attached hydrogens (tertiary/aromatic N) is 2. The second-order valence-electron chi connectivity index (χ2n) is 6.61. The average molecular weight is 405 g/mol. The van der Waals surface area contributed by atoms with E-state index in [0.717, 1.165) is 16.8 Å². The topological polar surface area (TPSA) is 92.1 Å². The van der Waals surface area contributed by atoms with Gasteiger partial charge in [0, 0.05) is 10.9 Å². The predicted octanol–water partition coefficient (Wildman–Crippen LogP) is 4.40. The molecular weight excluding hydrogens is 386 g/mol. The predicted molar refractivity (Wildman–Crippen MR) is 112 cm³/mol. The van der Waals surface area contributed by atoms with E-state index in [1.807, 2.05) is 25.3 Å². The van der Waals surface area contributed by atoms with Crippen molar-refractivity contribution in [3.8, 4) is 17.3 Å². The molecule has 0 radical (unpaired) electrons. The largest absolute Gasteiger partial charge is 0.452 e. The van der Waals surface area contributed by atoms with Crippen molar-refractivity contribution in [2.75, 3.05) is 11.9 Å². The van der Waals surface area contributed by atoms with E-state index in [2.05, 4.69) is 29.4 Å². The Bertz CT molecular complexity index is 1130. The van der Waals surface area contributed by atoms with E-state index >= 15 is 0 Å². The molecule has 1 N–H and O–H groups in total. The average Bonchev–Trinajstić information content (AvgIpc) is 3.17. The van der Waals surface area contributed by atoms with Crippen molar-refractivity contribution >= 4 is 28.3 Å². The van der Waals surface area contributed by atoms with Gasteiger partial charge in [0.05, 0.1) is 22.9 Å². The van der Waals surface area contributed by atoms with Crippen molar-refractivity contribution in [3.05, 3.63) is 69.6 Å². The van der Waals surface area contributed by atoms with Crippen LogP contribution in [0.15, 0.2) is 41.8 Å². The molecule has 0 aliphatic heterocycles. The van der Waals surface area contributed by atoms with E-state index < -0.39 is 18.5 Å². The number of nitriles is 1. The number of thiazole rings is 1. The Morgan fingerprint density at radius 2 is 1.90 bits per heavy atom. The Morgan fingerprint density at radius 1 is 1.14 bits per heavy atom. The van der Waals surface area contributed by atoms with Gasteiger partial charge in [-0.05, 0) is 61.7 Å². The summed E-state index contributed by atoms with van der Waals surface area (Å²) in [6.45, 7) is 5.71. The monoisotopic (exact) mass is 405 g/mol. The van der Waals surface area contributed by atoms with E-state index in [0.29, 0.717) is 10.7 Å². The highest BCUT2D eigenvalue weighted by Crippen LogP contribution is 2.29. The summed E-state index contributed by atoms with van der Waals surface area (Å²) in [7, 11) is 0. The Hall–Kier alpha value is -3.50. The Labute approximate surface area is 172 Å². The van der Waals surface area contributed by atoms with Crippen LogP contribution in [0, 0.1) is 32.1 Å². The van der Waals surface area contributed by atoms with Gasteiger partial charge in [-0.3, -0.25) is 10.1 Å². The lowest BCUT2D eigenvalue weighted by Gasteiger charge is -2.07. The van der Waals surface area contributed by atoms with Gasteiger partial charge in [0.25, 0.3) is 5.91 Å². The maximum atomic E-state index is 12.1. The van der Waals surface area contributed by atoms with Crippen molar-refractivity contribution in [2.24, 2.45) is 0 Å². The Morgan fingerprint density at radius 3 is 2.66 bits per heavy atom. The second kappa shape index (κ2) is 8.67. The van der Waals surface area contributed by atoms with Crippen LogP contribution in [-0.2, 0) is 9.53 Å². The van der Waals surface area contributed by atoms with Crippen molar-refractivity contribution in [1.82, 2.24) is 4.98 Å². The molecule has 0 spiro atoms. The quantitative estimate of drug-likeness (QED) is 0.635. The summed E-state index contributed by atoms with van der Waals surface area (Å²) in [6.07, 6.45) is 0. The smallest absolute Gasteiger partial charge is 0.338 e. The zero-order chi connectivity index (χ0) is 21.0. The lowest BCUT2D eigenvalue weighted by atomic mass is 9.99. The summed E-state index contributed by atoms with van der Waals surface area (Å²) in [4.78, 5) is 28.6. The number of nitrogens with one attached hydrogen (secondary N) is 1. The summed E-state index contributed by atoms with van der Waals surface area (Å²) in [5.41, 5.74) is 5.89. The maximum absolute atomic E-state index is 12.1. The first-order chi connectivity index (χ1) is 13.9. The van der Waals surface area contributed by atoms with E-state index in [9.17, 15) is 9.59 Å². The molecule has 0 saturated heterocycles. The number of esters is 1. The SMILES string of the molecule is Cc1cc(C)c(-c2csc(NC(=O)COC(=O)c3cccc(C#N)c3)n2)cc1C. The fourth-order valence-corrected chi connectivity index (χ4v) is 3.50. The van der Waals surface area contributed by atoms with Crippen LogP contribution >= 0.6 is 11.3 Å². The standard InChI is InChI=1S/C22H19N3O3S/c1-13-7-15(3)18(8-14(13)2)19-12-29-22(24-19)25-20(26)11-28-21(27)17-6-4-5-16(9-17)10-23/h4-9,12H,11H2,1-3H3,(H,24,25,26). The van der Waals surface area contributed by atoms with Crippen LogP contribution in [0.3, 0.4) is 0 Å². The van der Waals surface area contributed by atoms with Crippen LogP contribution in [0.2, 0.25) is 0 Å². The lowest BCUT2D eigenvalue weighted by molar-refractivity contribution is -0.119. The molecule has 1 heterocycles. The zero-order valence-electron chi connectivity index (χ0n) is 16.3. The van der Waals surface area contributed by atoms with Gasteiger partial charge in [-0.1, -0.05) is 12.1 Å². The minimum atomic E-state index is -0.664. The molecule has 0 aliphatic carbocycles. The molecule has 7 heteroatoms. The fraction of sp³-hybridized carbons (Fsp3) is 0.182. The van der Waals surface area contributed by atoms with Crippen LogP contribution in [0.25, 0.3) is 11.3 Å². The molecule has 0 bridgehead atoms. The highest BCUT2D eigenvalue weighted by Gasteiger charge is 2.14. The summed E-state index contributed by atoms with van der Waals surface area (Å²) >= 11 is 1.31. The van der Waals surface area contributed by atoms with Crippen molar-refractivity contribution in [2.45, 2.75) is 20.8 Å². The number of hydrogen-bond acceptors (Lipinski definition) is 6. The van der Waals surface area contributed by atoms with Gasteiger partial charge in [0.2, 0.25) is 0 Å². The van der Waals surface area contributed by atoms with E-state index in [4.69, 9.17) is 10.00 Å². The molecule has 3 aromatic rings. The number of amides is 1. The lowest BCUT2D eigenvalue weighted by Crippen LogP contribution is -2.20. The molecule has 1 amide bonds. The molecule has 0 atom stereocenters. The third-order valence-corrected chi connectivity index (χ3v) is 5.19. The number of aryl methyl sites for hydroxylation is 3. The molecule has 146 valence electrons. The highest BCUT2D eigenvalue weighted by atomic mass is 32.1. The van der Waals surface area contributed by atoms with Gasteiger partial charge in [-0.2, -0.15) is 5.26 Å². The number of aromatic nitrogens is 1. The number of carbonyl (C=O) groups excluding carboxylic acids is 2. The van der Waals surface area contributed by atoms with Crippen molar-refractivity contribution in [3.63, 3.8) is 0 Å². The van der Waals surface area contributed by atoms with Crippen molar-refractivity contribution < 1.29 is 14.3 Å². The van der Waals surface area contributed by atoms with Crippen LogP contribution in [0.1, 0.15) is 32.6 Å². The van der Waals surface area contributed by atoms with Gasteiger partial charge < -0.3 is 4.74 Å². The molecule has 0 unspecified atom stereocenters. The molecule has 0 saturated carbocycles. The third kappa shape index (κ3) is 4.86. The number of anilines is 1. The molecule has 6 nitrogen and oxygen atoms in total. The summed E-state index contributed by atoms with van der Waals surface area (Å²) in [5, 5.41) is 13.8. The maximum Gasteiger partial charge on any atom is 0.338 e. The van der Waals surface area contributed by atoms with Gasteiger partial charge in [0.1, 0.15) is 0 Å². The molecular formula is C22H19N3O3S. The first-order valence-corrected chi connectivity index (χ1v) is 9.76. The van der Waals surface area contributed by atoms with Gasteiger partial charge in [-0.25, -0.2) is 9.78 Å². The number of rotatable bonds is 5. The summed E-state index contributed by atoms with van der Waals surface area (Å²) in [5.74, 6) is -1.14. The molecule has 29 heavy (non-hydrogen) atoms. The molecule has 3 rings (SSSR count). The Kier molecular flexibility index (Phi) is 6.05. The normalized spacial score (nSPS) is 10.3. The van der Waals surface area contributed by atoms with Gasteiger partial charge in [0.15, 0.2) is 11.7 Å². The number of hydrogen-bond donors (Lipinski definition) is 1. The first kappa shape index (κ1) is 20.2. The fourth-order valence-electron chi connectivity index (χ4n) is 2.78. The van der Waals surface area contributed by atoms with Crippen molar-refractivity contribution in [1.29, 1.82) is 5.26 Å². The van der Waals surface area contributed by atoms with Gasteiger partial charge in [-0.15, -0.1) is 11.3 Å². The van der Waals surface area contributed by atoms with Crippen LogP contribution in [0.4, 0.5) is 5.13 Å². The molecule has 0 fully saturated rings. The van der Waals surface area contributed by atoms with E-state index in [1.165, 1.54) is 34.6 Å². The molecule has 1 aromatic heterocycles. The molecule has 2 aromatic carbocycles. The van der Waals surface area contributed by atoms with E-state index in [-0.39, 0.29) is 5.56 Å². The minimum Gasteiger partial charge on any atom is -0.452 e. The Balaban J connectivity index is 1.61.